The minimum Gasteiger partial charge on any atom is -0.370 e. The van der Waals surface area contributed by atoms with Gasteiger partial charge in [-0.3, -0.25) is 0 Å². The molecule has 22 heavy (non-hydrogen) atoms. The van der Waals surface area contributed by atoms with E-state index < -0.39 is 11.6 Å². The maximum Gasteiger partial charge on any atom is 0.126 e. The van der Waals surface area contributed by atoms with Gasteiger partial charge in [0.1, 0.15) is 17.5 Å². The second kappa shape index (κ2) is 6.66. The lowest BCUT2D eigenvalue weighted by molar-refractivity contribution is 0.580. The highest BCUT2D eigenvalue weighted by Crippen LogP contribution is 2.21. The standard InChI is InChI=1S/C17H14F2N2S/c18-14-8-12(9-15(19)10-14)4-6-20-17-3-1-2-16(21-17)13-5-7-22-11-13/h1-3,5,7-11H,4,6H2,(H,20,21). The van der Waals surface area contributed by atoms with Crippen molar-refractivity contribution in [3.8, 4) is 11.3 Å². The first-order valence-corrected chi connectivity index (χ1v) is 7.83. The molecular formula is C17H14F2N2S. The second-order valence-electron chi connectivity index (χ2n) is 4.87. The zero-order chi connectivity index (χ0) is 15.4. The molecule has 5 heteroatoms. The van der Waals surface area contributed by atoms with Crippen molar-refractivity contribution in [1.82, 2.24) is 4.98 Å². The SMILES string of the molecule is Fc1cc(F)cc(CCNc2cccc(-c3ccsc3)n2)c1. The molecule has 1 N–H and O–H groups in total. The molecule has 0 saturated heterocycles. The molecule has 0 aliphatic rings. The summed E-state index contributed by atoms with van der Waals surface area (Å²) < 4.78 is 26.2. The highest BCUT2D eigenvalue weighted by atomic mass is 32.1. The molecule has 2 aromatic heterocycles. The first-order chi connectivity index (χ1) is 10.7. The van der Waals surface area contributed by atoms with Crippen LogP contribution < -0.4 is 5.32 Å². The van der Waals surface area contributed by atoms with Crippen LogP contribution in [0.25, 0.3) is 11.3 Å². The molecule has 0 saturated carbocycles. The molecular weight excluding hydrogens is 302 g/mol. The number of benzene rings is 1. The molecule has 0 fully saturated rings. The maximum atomic E-state index is 13.1. The van der Waals surface area contributed by atoms with E-state index in [9.17, 15) is 8.78 Å². The first-order valence-electron chi connectivity index (χ1n) is 6.89. The van der Waals surface area contributed by atoms with E-state index in [4.69, 9.17) is 0 Å². The van der Waals surface area contributed by atoms with E-state index in [0.29, 0.717) is 18.5 Å². The molecule has 0 aliphatic carbocycles. The van der Waals surface area contributed by atoms with Crippen LogP contribution in [0.5, 0.6) is 0 Å². The third kappa shape index (κ3) is 3.68. The Balaban J connectivity index is 1.63. The summed E-state index contributed by atoms with van der Waals surface area (Å²) in [4.78, 5) is 4.53. The van der Waals surface area contributed by atoms with Crippen LogP contribution in [0.2, 0.25) is 0 Å². The van der Waals surface area contributed by atoms with Crippen LogP contribution in [0, 0.1) is 11.6 Å². The summed E-state index contributed by atoms with van der Waals surface area (Å²) in [7, 11) is 0. The fourth-order valence-electron chi connectivity index (χ4n) is 2.19. The Morgan fingerprint density at radius 3 is 2.59 bits per heavy atom. The summed E-state index contributed by atoms with van der Waals surface area (Å²) in [6, 6.07) is 11.4. The Hall–Kier alpha value is -2.27. The highest BCUT2D eigenvalue weighted by molar-refractivity contribution is 7.08. The van der Waals surface area contributed by atoms with E-state index in [1.165, 1.54) is 12.1 Å². The Labute approximate surface area is 131 Å². The predicted octanol–water partition coefficient (Wildman–Crippen LogP) is 4.74. The summed E-state index contributed by atoms with van der Waals surface area (Å²) in [6.45, 7) is 0.559. The fraction of sp³-hybridized carbons (Fsp3) is 0.118. The van der Waals surface area contributed by atoms with Crippen LogP contribution in [0.15, 0.2) is 53.2 Å². The van der Waals surface area contributed by atoms with Gasteiger partial charge >= 0.3 is 0 Å². The van der Waals surface area contributed by atoms with Crippen LogP contribution >= 0.6 is 11.3 Å². The summed E-state index contributed by atoms with van der Waals surface area (Å²) in [5.41, 5.74) is 2.61. The smallest absolute Gasteiger partial charge is 0.126 e. The van der Waals surface area contributed by atoms with Crippen molar-refractivity contribution >= 4 is 17.2 Å². The van der Waals surface area contributed by atoms with E-state index in [2.05, 4.69) is 10.3 Å². The summed E-state index contributed by atoms with van der Waals surface area (Å²) in [5.74, 6) is -0.347. The van der Waals surface area contributed by atoms with Gasteiger partial charge in [-0.05, 0) is 47.7 Å². The molecule has 112 valence electrons. The van der Waals surface area contributed by atoms with Crippen LogP contribution in [0.1, 0.15) is 5.56 Å². The van der Waals surface area contributed by atoms with Gasteiger partial charge in [0.2, 0.25) is 0 Å². The number of anilines is 1. The number of hydrogen-bond acceptors (Lipinski definition) is 3. The molecule has 0 spiro atoms. The van der Waals surface area contributed by atoms with E-state index >= 15 is 0 Å². The summed E-state index contributed by atoms with van der Waals surface area (Å²) >= 11 is 1.63. The van der Waals surface area contributed by atoms with Gasteiger partial charge in [0.25, 0.3) is 0 Å². The number of nitrogens with zero attached hydrogens (tertiary/aromatic N) is 1. The average Bonchev–Trinajstić information content (AvgIpc) is 3.01. The van der Waals surface area contributed by atoms with Gasteiger partial charge in [0, 0.05) is 23.6 Å². The third-order valence-electron chi connectivity index (χ3n) is 3.21. The van der Waals surface area contributed by atoms with Crippen LogP contribution in [-0.2, 0) is 6.42 Å². The van der Waals surface area contributed by atoms with Gasteiger partial charge in [-0.15, -0.1) is 0 Å². The minimum atomic E-state index is -0.549. The highest BCUT2D eigenvalue weighted by Gasteiger charge is 2.03. The molecule has 0 unspecified atom stereocenters. The molecule has 0 atom stereocenters. The summed E-state index contributed by atoms with van der Waals surface area (Å²) in [6.07, 6.45) is 0.527. The number of aromatic nitrogens is 1. The minimum absolute atomic E-state index is 0.527. The fourth-order valence-corrected chi connectivity index (χ4v) is 2.84. The van der Waals surface area contributed by atoms with Crippen molar-refractivity contribution in [2.45, 2.75) is 6.42 Å². The van der Waals surface area contributed by atoms with Gasteiger partial charge in [-0.25, -0.2) is 13.8 Å². The number of nitrogens with one attached hydrogen (secondary N) is 1. The second-order valence-corrected chi connectivity index (χ2v) is 5.65. The topological polar surface area (TPSA) is 24.9 Å². The number of pyridine rings is 1. The van der Waals surface area contributed by atoms with E-state index in [-0.39, 0.29) is 0 Å². The number of thiophene rings is 1. The number of hydrogen-bond donors (Lipinski definition) is 1. The van der Waals surface area contributed by atoms with Crippen LogP contribution in [-0.4, -0.2) is 11.5 Å². The number of halogens is 2. The monoisotopic (exact) mass is 316 g/mol. The van der Waals surface area contributed by atoms with Crippen molar-refractivity contribution in [3.05, 3.63) is 70.4 Å². The normalized spacial score (nSPS) is 10.6. The van der Waals surface area contributed by atoms with E-state index in [1.807, 2.05) is 35.0 Å². The zero-order valence-corrected chi connectivity index (χ0v) is 12.5. The van der Waals surface area contributed by atoms with Crippen molar-refractivity contribution < 1.29 is 8.78 Å². The van der Waals surface area contributed by atoms with Crippen molar-refractivity contribution in [1.29, 1.82) is 0 Å². The Bertz CT molecular complexity index is 737. The Kier molecular flexibility index (Phi) is 4.44. The van der Waals surface area contributed by atoms with Gasteiger partial charge < -0.3 is 5.32 Å². The van der Waals surface area contributed by atoms with Gasteiger partial charge in [-0.1, -0.05) is 6.07 Å². The molecule has 2 heterocycles. The first kappa shape index (κ1) is 14.7. The molecule has 0 amide bonds. The predicted molar refractivity (Wildman–Crippen MR) is 86.1 cm³/mol. The molecule has 3 rings (SSSR count). The van der Waals surface area contributed by atoms with Crippen molar-refractivity contribution in [2.24, 2.45) is 0 Å². The number of rotatable bonds is 5. The Morgan fingerprint density at radius 2 is 1.86 bits per heavy atom. The molecule has 0 bridgehead atoms. The zero-order valence-electron chi connectivity index (χ0n) is 11.7. The molecule has 0 radical (unpaired) electrons. The molecule has 0 aliphatic heterocycles. The maximum absolute atomic E-state index is 13.1. The lowest BCUT2D eigenvalue weighted by Gasteiger charge is -2.07. The quantitative estimate of drug-likeness (QED) is 0.735. The van der Waals surface area contributed by atoms with Gasteiger partial charge in [-0.2, -0.15) is 11.3 Å². The largest absolute Gasteiger partial charge is 0.370 e. The Morgan fingerprint density at radius 1 is 1.05 bits per heavy atom. The van der Waals surface area contributed by atoms with E-state index in [0.717, 1.165) is 23.1 Å². The molecule has 2 nitrogen and oxygen atoms in total. The van der Waals surface area contributed by atoms with Crippen molar-refractivity contribution in [2.75, 3.05) is 11.9 Å². The van der Waals surface area contributed by atoms with Crippen LogP contribution in [0.3, 0.4) is 0 Å². The van der Waals surface area contributed by atoms with Crippen LogP contribution in [0.4, 0.5) is 14.6 Å². The van der Waals surface area contributed by atoms with E-state index in [1.54, 1.807) is 11.3 Å². The van der Waals surface area contributed by atoms with Gasteiger partial charge in [0.05, 0.1) is 5.69 Å². The molecule has 3 aromatic rings. The lowest BCUT2D eigenvalue weighted by atomic mass is 10.1. The molecule has 1 aromatic carbocycles. The van der Waals surface area contributed by atoms with Crippen molar-refractivity contribution in [3.63, 3.8) is 0 Å². The lowest BCUT2D eigenvalue weighted by Crippen LogP contribution is -2.07. The average molecular weight is 316 g/mol. The van der Waals surface area contributed by atoms with Gasteiger partial charge in [0.15, 0.2) is 0 Å². The third-order valence-corrected chi connectivity index (χ3v) is 3.89. The summed E-state index contributed by atoms with van der Waals surface area (Å²) in [5, 5.41) is 7.23.